The van der Waals surface area contributed by atoms with Gasteiger partial charge in [0.05, 0.1) is 17.0 Å². The van der Waals surface area contributed by atoms with Crippen LogP contribution >= 0.6 is 11.6 Å². The number of rotatable bonds is 3. The zero-order chi connectivity index (χ0) is 15.5. The van der Waals surface area contributed by atoms with Gasteiger partial charge in [0, 0.05) is 24.7 Å². The summed E-state index contributed by atoms with van der Waals surface area (Å²) in [5.41, 5.74) is 1.84. The predicted molar refractivity (Wildman–Crippen MR) is 87.4 cm³/mol. The molecule has 0 aliphatic carbocycles. The minimum absolute atomic E-state index is 0.0151. The average molecular weight is 319 g/mol. The monoisotopic (exact) mass is 318 g/mol. The molecule has 116 valence electrons. The molecule has 1 aliphatic rings. The fraction of sp³-hybridized carbons (Fsp3) is 0.353. The van der Waals surface area contributed by atoms with Crippen LogP contribution in [0.25, 0.3) is 0 Å². The molecule has 0 atom stereocenters. The van der Waals surface area contributed by atoms with Gasteiger partial charge in [0.15, 0.2) is 5.76 Å². The molecule has 1 aromatic carbocycles. The van der Waals surface area contributed by atoms with Gasteiger partial charge in [-0.2, -0.15) is 0 Å². The number of carbonyl (C=O) groups is 1. The van der Waals surface area contributed by atoms with Gasteiger partial charge in [-0.25, -0.2) is 0 Å². The van der Waals surface area contributed by atoms with Crippen molar-refractivity contribution in [2.45, 2.75) is 25.8 Å². The van der Waals surface area contributed by atoms with Crippen LogP contribution in [-0.2, 0) is 0 Å². The number of carbonyl (C=O) groups excluding carboxylic acids is 1. The maximum absolute atomic E-state index is 12.4. The maximum Gasteiger partial charge on any atom is 0.289 e. The van der Waals surface area contributed by atoms with E-state index in [1.165, 1.54) is 0 Å². The Balaban J connectivity index is 1.58. The van der Waals surface area contributed by atoms with Crippen LogP contribution in [-0.4, -0.2) is 29.9 Å². The molecule has 5 heteroatoms. The summed E-state index contributed by atoms with van der Waals surface area (Å²) in [5.74, 6) is 0.441. The van der Waals surface area contributed by atoms with E-state index in [0.717, 1.165) is 42.2 Å². The number of para-hydroxylation sites is 1. The van der Waals surface area contributed by atoms with E-state index < -0.39 is 0 Å². The van der Waals surface area contributed by atoms with Crippen molar-refractivity contribution >= 4 is 23.2 Å². The van der Waals surface area contributed by atoms with E-state index in [1.54, 1.807) is 6.26 Å². The van der Waals surface area contributed by atoms with E-state index in [2.05, 4.69) is 5.32 Å². The van der Waals surface area contributed by atoms with Crippen molar-refractivity contribution in [1.29, 1.82) is 0 Å². The van der Waals surface area contributed by atoms with Crippen molar-refractivity contribution in [3.05, 3.63) is 52.9 Å². The van der Waals surface area contributed by atoms with Crippen molar-refractivity contribution in [3.8, 4) is 0 Å². The van der Waals surface area contributed by atoms with Gasteiger partial charge in [-0.1, -0.05) is 23.7 Å². The van der Waals surface area contributed by atoms with E-state index >= 15 is 0 Å². The Morgan fingerprint density at radius 1 is 1.27 bits per heavy atom. The topological polar surface area (TPSA) is 45.5 Å². The lowest BCUT2D eigenvalue weighted by atomic mass is 10.0. The van der Waals surface area contributed by atoms with Crippen LogP contribution in [0.3, 0.4) is 0 Å². The number of amides is 1. The first-order chi connectivity index (χ1) is 10.6. The second-order valence-electron chi connectivity index (χ2n) is 5.62. The second kappa shape index (κ2) is 6.44. The van der Waals surface area contributed by atoms with Gasteiger partial charge in [-0.3, -0.25) is 4.79 Å². The molecule has 0 saturated carbocycles. The number of benzene rings is 1. The molecule has 0 unspecified atom stereocenters. The lowest BCUT2D eigenvalue weighted by Crippen LogP contribution is -2.42. The van der Waals surface area contributed by atoms with Crippen LogP contribution in [0.15, 0.2) is 41.0 Å². The number of likely N-dealkylation sites (tertiary alicyclic amines) is 1. The molecule has 1 amide bonds. The van der Waals surface area contributed by atoms with Crippen LogP contribution in [0.1, 0.15) is 29.0 Å². The van der Waals surface area contributed by atoms with E-state index in [9.17, 15) is 4.79 Å². The Labute approximate surface area is 135 Å². The first kappa shape index (κ1) is 15.0. The number of furan rings is 1. The fourth-order valence-electron chi connectivity index (χ4n) is 2.76. The molecule has 0 radical (unpaired) electrons. The zero-order valence-electron chi connectivity index (χ0n) is 12.5. The number of hydrogen-bond acceptors (Lipinski definition) is 3. The van der Waals surface area contributed by atoms with E-state index in [0.29, 0.717) is 11.8 Å². The van der Waals surface area contributed by atoms with Crippen LogP contribution in [0, 0.1) is 6.92 Å². The first-order valence-electron chi connectivity index (χ1n) is 7.49. The van der Waals surface area contributed by atoms with Gasteiger partial charge >= 0.3 is 0 Å². The minimum Gasteiger partial charge on any atom is -0.459 e. The Hall–Kier alpha value is -1.94. The summed E-state index contributed by atoms with van der Waals surface area (Å²) in [6, 6.07) is 9.89. The summed E-state index contributed by atoms with van der Waals surface area (Å²) >= 11 is 6.17. The van der Waals surface area contributed by atoms with E-state index in [4.69, 9.17) is 16.0 Å². The Bertz CT molecular complexity index is 660. The lowest BCUT2D eigenvalue weighted by molar-refractivity contribution is 0.0685. The molecule has 1 N–H and O–H groups in total. The van der Waals surface area contributed by atoms with Crippen molar-refractivity contribution in [2.75, 3.05) is 18.4 Å². The van der Waals surface area contributed by atoms with Crippen LogP contribution < -0.4 is 5.32 Å². The molecule has 4 nitrogen and oxygen atoms in total. The zero-order valence-corrected chi connectivity index (χ0v) is 13.3. The molecule has 1 aliphatic heterocycles. The summed E-state index contributed by atoms with van der Waals surface area (Å²) in [6.07, 6.45) is 3.36. The van der Waals surface area contributed by atoms with Gasteiger partial charge < -0.3 is 14.6 Å². The van der Waals surface area contributed by atoms with E-state index in [1.807, 2.05) is 42.2 Å². The number of piperidine rings is 1. The number of hydrogen-bond donors (Lipinski definition) is 1. The second-order valence-corrected chi connectivity index (χ2v) is 6.03. The Morgan fingerprint density at radius 2 is 2.00 bits per heavy atom. The average Bonchev–Trinajstić information content (AvgIpc) is 2.96. The van der Waals surface area contributed by atoms with Crippen molar-refractivity contribution in [2.24, 2.45) is 0 Å². The van der Waals surface area contributed by atoms with Gasteiger partial charge in [0.25, 0.3) is 5.91 Å². The molecule has 1 aromatic heterocycles. The summed E-state index contributed by atoms with van der Waals surface area (Å²) in [6.45, 7) is 3.34. The molecule has 22 heavy (non-hydrogen) atoms. The van der Waals surface area contributed by atoms with Crippen molar-refractivity contribution < 1.29 is 9.21 Å². The summed E-state index contributed by atoms with van der Waals surface area (Å²) in [7, 11) is 0. The molecule has 2 heterocycles. The molecule has 1 saturated heterocycles. The van der Waals surface area contributed by atoms with Crippen LogP contribution in [0.5, 0.6) is 0 Å². The van der Waals surface area contributed by atoms with Crippen molar-refractivity contribution in [1.82, 2.24) is 4.90 Å². The van der Waals surface area contributed by atoms with Gasteiger partial charge in [-0.15, -0.1) is 0 Å². The molecular weight excluding hydrogens is 300 g/mol. The summed E-state index contributed by atoms with van der Waals surface area (Å²) in [5, 5.41) is 4.19. The van der Waals surface area contributed by atoms with E-state index in [-0.39, 0.29) is 5.91 Å². The molecule has 0 spiro atoms. The smallest absolute Gasteiger partial charge is 0.289 e. The molecule has 2 aromatic rings. The highest BCUT2D eigenvalue weighted by molar-refractivity contribution is 6.33. The van der Waals surface area contributed by atoms with Crippen LogP contribution in [0.4, 0.5) is 5.69 Å². The third kappa shape index (κ3) is 3.12. The third-order valence-electron chi connectivity index (χ3n) is 4.07. The number of anilines is 1. The SMILES string of the molecule is Cc1ccoc1C(=O)N1CCC(Nc2ccccc2Cl)CC1. The lowest BCUT2D eigenvalue weighted by Gasteiger charge is -2.32. The minimum atomic E-state index is -0.0151. The highest BCUT2D eigenvalue weighted by Crippen LogP contribution is 2.24. The van der Waals surface area contributed by atoms with Gasteiger partial charge in [-0.05, 0) is 38.0 Å². The van der Waals surface area contributed by atoms with Crippen LogP contribution in [0.2, 0.25) is 5.02 Å². The Kier molecular flexibility index (Phi) is 4.39. The third-order valence-corrected chi connectivity index (χ3v) is 4.40. The quantitative estimate of drug-likeness (QED) is 0.931. The normalized spacial score (nSPS) is 15.8. The first-order valence-corrected chi connectivity index (χ1v) is 7.87. The standard InChI is InChI=1S/C17H19ClN2O2/c1-12-8-11-22-16(12)17(21)20-9-6-13(7-10-20)19-15-5-3-2-4-14(15)18/h2-5,8,11,13,19H,6-7,9-10H2,1H3. The summed E-state index contributed by atoms with van der Waals surface area (Å²) < 4.78 is 5.29. The fourth-order valence-corrected chi connectivity index (χ4v) is 2.95. The highest BCUT2D eigenvalue weighted by Gasteiger charge is 2.26. The number of nitrogens with one attached hydrogen (secondary N) is 1. The number of halogens is 1. The van der Waals surface area contributed by atoms with Crippen molar-refractivity contribution in [3.63, 3.8) is 0 Å². The molecule has 3 rings (SSSR count). The molecule has 0 bridgehead atoms. The molecular formula is C17H19ClN2O2. The molecule has 1 fully saturated rings. The largest absolute Gasteiger partial charge is 0.459 e. The number of aryl methyl sites for hydroxylation is 1. The number of nitrogens with zero attached hydrogens (tertiary/aromatic N) is 1. The maximum atomic E-state index is 12.4. The van der Waals surface area contributed by atoms with Gasteiger partial charge in [0.1, 0.15) is 0 Å². The summed E-state index contributed by atoms with van der Waals surface area (Å²) in [4.78, 5) is 14.2. The Morgan fingerprint density at radius 3 is 2.64 bits per heavy atom. The predicted octanol–water partition coefficient (Wildman–Crippen LogP) is 3.96. The van der Waals surface area contributed by atoms with Gasteiger partial charge in [0.2, 0.25) is 0 Å². The highest BCUT2D eigenvalue weighted by atomic mass is 35.5.